The van der Waals surface area contributed by atoms with Gasteiger partial charge in [0.15, 0.2) is 0 Å². The van der Waals surface area contributed by atoms with Crippen LogP contribution in [0, 0.1) is 17.4 Å². The molecule has 0 saturated heterocycles. The van der Waals surface area contributed by atoms with Crippen LogP contribution in [0.5, 0.6) is 0 Å². The molecule has 0 unspecified atom stereocenters. The Hall–Kier alpha value is -2.24. The van der Waals surface area contributed by atoms with Gasteiger partial charge in [-0.2, -0.15) is 18.2 Å². The van der Waals surface area contributed by atoms with E-state index in [0.717, 1.165) is 8.09 Å². The molecule has 2 heterocycles. The van der Waals surface area contributed by atoms with Crippen molar-refractivity contribution in [3.05, 3.63) is 50.6 Å². The van der Waals surface area contributed by atoms with E-state index in [1.165, 1.54) is 0 Å². The van der Waals surface area contributed by atoms with Crippen LogP contribution in [-0.4, -0.2) is 25.5 Å². The summed E-state index contributed by atoms with van der Waals surface area (Å²) in [6.45, 7) is 3.21. The van der Waals surface area contributed by atoms with Gasteiger partial charge in [-0.1, -0.05) is 0 Å². The number of halogens is 4. The number of anilines is 1. The first-order valence-corrected chi connectivity index (χ1v) is 8.58. The number of aromatic nitrogens is 4. The van der Waals surface area contributed by atoms with Crippen molar-refractivity contribution in [2.75, 3.05) is 5.32 Å². The van der Waals surface area contributed by atoms with E-state index in [1.54, 1.807) is 26.0 Å². The van der Waals surface area contributed by atoms with Crippen molar-refractivity contribution < 1.29 is 18.0 Å². The van der Waals surface area contributed by atoms with E-state index in [9.17, 15) is 18.0 Å². The molecule has 6 nitrogen and oxygen atoms in total. The van der Waals surface area contributed by atoms with Crippen molar-refractivity contribution in [1.82, 2.24) is 19.6 Å². The summed E-state index contributed by atoms with van der Waals surface area (Å²) in [4.78, 5) is 19.8. The fourth-order valence-corrected chi connectivity index (χ4v) is 2.84. The molecule has 10 heteroatoms. The number of hydrogen-bond donors (Lipinski definition) is 1. The zero-order valence-electron chi connectivity index (χ0n) is 13.7. The molecule has 2 aromatic heterocycles. The molecule has 0 aliphatic heterocycles. The van der Waals surface area contributed by atoms with Crippen molar-refractivity contribution in [1.29, 1.82) is 0 Å². The number of fused-ring (bicyclic) bond motifs is 1. The number of carbonyl (C=O) groups excluding carboxylic acids is 1. The lowest BCUT2D eigenvalue weighted by molar-refractivity contribution is -0.144. The molecule has 0 aliphatic carbocycles. The summed E-state index contributed by atoms with van der Waals surface area (Å²) in [6, 6.07) is 7.25. The maximum absolute atomic E-state index is 12.8. The first-order valence-electron chi connectivity index (χ1n) is 7.50. The number of nitrogens with one attached hydrogen (secondary N) is 1. The van der Waals surface area contributed by atoms with E-state index < -0.39 is 12.0 Å². The van der Waals surface area contributed by atoms with Crippen molar-refractivity contribution in [3.8, 4) is 0 Å². The van der Waals surface area contributed by atoms with Crippen molar-refractivity contribution in [2.24, 2.45) is 0 Å². The number of alkyl halides is 3. The van der Waals surface area contributed by atoms with Gasteiger partial charge in [0.05, 0.1) is 6.42 Å². The molecule has 0 bridgehead atoms. The van der Waals surface area contributed by atoms with E-state index in [4.69, 9.17) is 0 Å². The van der Waals surface area contributed by atoms with E-state index in [0.29, 0.717) is 22.6 Å². The minimum atomic E-state index is -4.66. The molecule has 0 fully saturated rings. The van der Waals surface area contributed by atoms with Crippen molar-refractivity contribution in [2.45, 2.75) is 26.4 Å². The summed E-state index contributed by atoms with van der Waals surface area (Å²) in [7, 11) is 0. The van der Waals surface area contributed by atoms with Crippen LogP contribution in [0.1, 0.15) is 22.8 Å². The molecular formula is C16H13F3IN5O. The average molecular weight is 475 g/mol. The molecule has 3 aromatic rings. The second kappa shape index (κ2) is 6.82. The fraction of sp³-hybridized carbons (Fsp3) is 0.250. The maximum Gasteiger partial charge on any atom is 0.453 e. The Balaban J connectivity index is 1.89. The highest BCUT2D eigenvalue weighted by atomic mass is 127. The third-order valence-corrected chi connectivity index (χ3v) is 4.49. The molecule has 0 radical (unpaired) electrons. The Morgan fingerprint density at radius 2 is 1.85 bits per heavy atom. The molecule has 3 rings (SSSR count). The number of benzene rings is 1. The Morgan fingerprint density at radius 3 is 2.46 bits per heavy atom. The van der Waals surface area contributed by atoms with Gasteiger partial charge in [-0.05, 0) is 60.7 Å². The van der Waals surface area contributed by atoms with Gasteiger partial charge in [-0.15, -0.1) is 5.10 Å². The third kappa shape index (κ3) is 3.79. The van der Waals surface area contributed by atoms with Crippen LogP contribution >= 0.6 is 22.6 Å². The van der Waals surface area contributed by atoms with Crippen LogP contribution < -0.4 is 5.32 Å². The zero-order valence-corrected chi connectivity index (χ0v) is 15.9. The van der Waals surface area contributed by atoms with Gasteiger partial charge in [0.1, 0.15) is 0 Å². The Kier molecular flexibility index (Phi) is 4.86. The predicted octanol–water partition coefficient (Wildman–Crippen LogP) is 3.55. The van der Waals surface area contributed by atoms with Crippen LogP contribution in [0.2, 0.25) is 0 Å². The Bertz CT molecular complexity index is 982. The highest BCUT2D eigenvalue weighted by Crippen LogP contribution is 2.27. The quantitative estimate of drug-likeness (QED) is 0.589. The zero-order chi connectivity index (χ0) is 19.1. The largest absolute Gasteiger partial charge is 0.453 e. The van der Waals surface area contributed by atoms with Crippen molar-refractivity contribution in [3.63, 3.8) is 0 Å². The molecule has 1 N–H and O–H groups in total. The van der Waals surface area contributed by atoms with Crippen LogP contribution in [0.3, 0.4) is 0 Å². The molecule has 136 valence electrons. The normalized spacial score (nSPS) is 11.8. The number of rotatable bonds is 3. The number of amides is 1. The smallest absolute Gasteiger partial charge is 0.326 e. The lowest BCUT2D eigenvalue weighted by atomic mass is 10.1. The third-order valence-electron chi connectivity index (χ3n) is 3.77. The van der Waals surface area contributed by atoms with Gasteiger partial charge in [-0.25, -0.2) is 9.50 Å². The summed E-state index contributed by atoms with van der Waals surface area (Å²) in [5, 5.41) is 6.23. The Labute approximate surface area is 160 Å². The van der Waals surface area contributed by atoms with Crippen LogP contribution in [0.4, 0.5) is 18.9 Å². The van der Waals surface area contributed by atoms with E-state index in [-0.39, 0.29) is 18.1 Å². The van der Waals surface area contributed by atoms with E-state index >= 15 is 0 Å². The molecular weight excluding hydrogens is 462 g/mol. The molecule has 1 amide bonds. The molecule has 0 aliphatic rings. The summed E-state index contributed by atoms with van der Waals surface area (Å²) in [5.74, 6) is -1.70. The fourth-order valence-electron chi connectivity index (χ4n) is 2.48. The number of nitrogens with zero attached hydrogens (tertiary/aromatic N) is 4. The summed E-state index contributed by atoms with van der Waals surface area (Å²) < 4.78 is 40.5. The molecule has 26 heavy (non-hydrogen) atoms. The average Bonchev–Trinajstić information content (AvgIpc) is 2.98. The standard InChI is InChI=1S/C16H13F3IN5O/c1-8-12(7-13(26)22-11-5-3-10(20)4-6-11)9(2)25-15(21-8)23-14(24-25)16(17,18)19/h3-6H,7H2,1-2H3,(H,22,26). The van der Waals surface area contributed by atoms with Gasteiger partial charge in [0.25, 0.3) is 11.6 Å². The van der Waals surface area contributed by atoms with Crippen LogP contribution in [0.25, 0.3) is 5.78 Å². The molecule has 1 aromatic carbocycles. The summed E-state index contributed by atoms with van der Waals surface area (Å²) in [6.07, 6.45) is -4.69. The van der Waals surface area contributed by atoms with Gasteiger partial charge in [-0.3, -0.25) is 4.79 Å². The highest BCUT2D eigenvalue weighted by Gasteiger charge is 2.37. The summed E-state index contributed by atoms with van der Waals surface area (Å²) in [5.41, 5.74) is 1.99. The monoisotopic (exact) mass is 475 g/mol. The maximum atomic E-state index is 12.8. The van der Waals surface area contributed by atoms with Gasteiger partial charge in [0, 0.05) is 26.2 Å². The topological polar surface area (TPSA) is 72.2 Å². The lowest BCUT2D eigenvalue weighted by Crippen LogP contribution is -2.17. The van der Waals surface area contributed by atoms with E-state index in [2.05, 4.69) is 43.0 Å². The first-order chi connectivity index (χ1) is 12.1. The highest BCUT2D eigenvalue weighted by molar-refractivity contribution is 14.1. The van der Waals surface area contributed by atoms with E-state index in [1.807, 2.05) is 12.1 Å². The minimum Gasteiger partial charge on any atom is -0.326 e. The number of carbonyl (C=O) groups is 1. The Morgan fingerprint density at radius 1 is 1.19 bits per heavy atom. The van der Waals surface area contributed by atoms with Gasteiger partial charge < -0.3 is 5.32 Å². The summed E-state index contributed by atoms with van der Waals surface area (Å²) >= 11 is 2.16. The number of hydrogen-bond acceptors (Lipinski definition) is 4. The minimum absolute atomic E-state index is 0.0339. The van der Waals surface area contributed by atoms with Crippen LogP contribution in [0.15, 0.2) is 24.3 Å². The molecule has 0 atom stereocenters. The molecule has 0 saturated carbocycles. The first kappa shape index (κ1) is 18.5. The second-order valence-electron chi connectivity index (χ2n) is 5.64. The van der Waals surface area contributed by atoms with Gasteiger partial charge in [0.2, 0.25) is 5.91 Å². The van der Waals surface area contributed by atoms with Gasteiger partial charge >= 0.3 is 6.18 Å². The van der Waals surface area contributed by atoms with Crippen LogP contribution in [-0.2, 0) is 17.4 Å². The predicted molar refractivity (Wildman–Crippen MR) is 96.8 cm³/mol. The second-order valence-corrected chi connectivity index (χ2v) is 6.88. The van der Waals surface area contributed by atoms with Crippen molar-refractivity contribution >= 4 is 40.0 Å². The SMILES string of the molecule is Cc1nc2nc(C(F)(F)F)nn2c(C)c1CC(=O)Nc1ccc(I)cc1. The number of aryl methyl sites for hydroxylation is 2. The molecule has 0 spiro atoms. The lowest BCUT2D eigenvalue weighted by Gasteiger charge is -2.11.